The molecule has 0 saturated heterocycles. The van der Waals surface area contributed by atoms with Crippen LogP contribution in [0.5, 0.6) is 0 Å². The van der Waals surface area contributed by atoms with E-state index in [0.29, 0.717) is 22.2 Å². The van der Waals surface area contributed by atoms with Crippen LogP contribution in [-0.4, -0.2) is 16.9 Å². The van der Waals surface area contributed by atoms with Crippen molar-refractivity contribution in [3.8, 4) is 0 Å². The number of anilines is 3. The van der Waals surface area contributed by atoms with E-state index in [1.165, 1.54) is 29.5 Å². The molecule has 0 radical (unpaired) electrons. The minimum absolute atomic E-state index is 0.0221. The van der Waals surface area contributed by atoms with E-state index in [1.54, 1.807) is 23.6 Å². The Balaban J connectivity index is 1.52. The summed E-state index contributed by atoms with van der Waals surface area (Å²) in [4.78, 5) is 28.2. The zero-order valence-electron chi connectivity index (χ0n) is 14.5. The number of hydrogen-bond donors (Lipinski definition) is 3. The third kappa shape index (κ3) is 5.61. The Labute approximate surface area is 159 Å². The Hall–Kier alpha value is -3.26. The number of halogens is 1. The fourth-order valence-electron chi connectivity index (χ4n) is 2.28. The van der Waals surface area contributed by atoms with E-state index in [1.807, 2.05) is 19.1 Å². The highest BCUT2D eigenvalue weighted by molar-refractivity contribution is 7.14. The first-order valence-corrected chi connectivity index (χ1v) is 9.00. The van der Waals surface area contributed by atoms with Gasteiger partial charge in [-0.05, 0) is 37.3 Å². The number of aryl methyl sites for hydroxylation is 1. The highest BCUT2D eigenvalue weighted by Crippen LogP contribution is 2.17. The summed E-state index contributed by atoms with van der Waals surface area (Å²) in [6.45, 7) is 1.96. The highest BCUT2D eigenvalue weighted by Gasteiger charge is 2.10. The molecule has 6 nitrogen and oxygen atoms in total. The smallest absolute Gasteiger partial charge is 0.325 e. The molecule has 0 aliphatic heterocycles. The lowest BCUT2D eigenvalue weighted by molar-refractivity contribution is -0.115. The normalized spacial score (nSPS) is 10.3. The summed E-state index contributed by atoms with van der Waals surface area (Å²) in [5.41, 5.74) is 2.66. The van der Waals surface area contributed by atoms with Crippen molar-refractivity contribution in [3.05, 3.63) is 71.0 Å². The van der Waals surface area contributed by atoms with Crippen LogP contribution in [0.25, 0.3) is 0 Å². The van der Waals surface area contributed by atoms with E-state index < -0.39 is 11.8 Å². The summed E-state index contributed by atoms with van der Waals surface area (Å²) < 4.78 is 13.1. The van der Waals surface area contributed by atoms with E-state index in [2.05, 4.69) is 20.9 Å². The minimum atomic E-state index is -0.424. The summed E-state index contributed by atoms with van der Waals surface area (Å²) in [6.07, 6.45) is 0.0221. The second kappa shape index (κ2) is 8.41. The number of benzene rings is 2. The molecule has 3 amide bonds. The SMILES string of the molecule is Cc1ccc(NC(=O)Nc2nc(CC(=O)Nc3cccc(F)c3)cs2)cc1. The summed E-state index contributed by atoms with van der Waals surface area (Å²) in [6, 6.07) is 12.6. The van der Waals surface area contributed by atoms with Crippen LogP contribution in [0.1, 0.15) is 11.3 Å². The van der Waals surface area contributed by atoms with Gasteiger partial charge in [0.2, 0.25) is 5.91 Å². The summed E-state index contributed by atoms with van der Waals surface area (Å²) in [7, 11) is 0. The number of amides is 3. The van der Waals surface area contributed by atoms with Crippen LogP contribution in [0, 0.1) is 12.7 Å². The second-order valence-corrected chi connectivity index (χ2v) is 6.68. The molecule has 0 saturated carbocycles. The quantitative estimate of drug-likeness (QED) is 0.609. The number of carbonyl (C=O) groups is 2. The third-order valence-corrected chi connectivity index (χ3v) is 4.34. The molecule has 0 atom stereocenters. The maximum absolute atomic E-state index is 13.1. The monoisotopic (exact) mass is 384 g/mol. The van der Waals surface area contributed by atoms with Crippen molar-refractivity contribution in [1.82, 2.24) is 4.98 Å². The maximum atomic E-state index is 13.1. The fourth-order valence-corrected chi connectivity index (χ4v) is 2.98. The average molecular weight is 384 g/mol. The van der Waals surface area contributed by atoms with Crippen LogP contribution in [0.2, 0.25) is 0 Å². The van der Waals surface area contributed by atoms with E-state index >= 15 is 0 Å². The number of nitrogens with zero attached hydrogens (tertiary/aromatic N) is 1. The number of thiazole rings is 1. The van der Waals surface area contributed by atoms with Crippen molar-refractivity contribution in [2.24, 2.45) is 0 Å². The largest absolute Gasteiger partial charge is 0.326 e. The first-order chi connectivity index (χ1) is 13.0. The summed E-state index contributed by atoms with van der Waals surface area (Å²) in [5, 5.41) is 10.0. The van der Waals surface area contributed by atoms with Gasteiger partial charge in [-0.2, -0.15) is 0 Å². The topological polar surface area (TPSA) is 83.1 Å². The molecule has 3 N–H and O–H groups in total. The zero-order chi connectivity index (χ0) is 19.2. The van der Waals surface area contributed by atoms with Crippen LogP contribution in [0.4, 0.5) is 25.7 Å². The van der Waals surface area contributed by atoms with E-state index in [0.717, 1.165) is 5.56 Å². The molecule has 8 heteroatoms. The summed E-state index contributed by atoms with van der Waals surface area (Å²) >= 11 is 1.22. The predicted octanol–water partition coefficient (Wildman–Crippen LogP) is 4.42. The molecule has 3 rings (SSSR count). The zero-order valence-corrected chi connectivity index (χ0v) is 15.3. The van der Waals surface area contributed by atoms with Crippen LogP contribution in [-0.2, 0) is 11.2 Å². The van der Waals surface area contributed by atoms with Crippen molar-refractivity contribution in [1.29, 1.82) is 0 Å². The number of aromatic nitrogens is 1. The van der Waals surface area contributed by atoms with Gasteiger partial charge in [0.1, 0.15) is 5.82 Å². The van der Waals surface area contributed by atoms with Gasteiger partial charge in [0.25, 0.3) is 0 Å². The second-order valence-electron chi connectivity index (χ2n) is 5.82. The van der Waals surface area contributed by atoms with Gasteiger partial charge in [0, 0.05) is 16.8 Å². The number of rotatable bonds is 5. The van der Waals surface area contributed by atoms with Gasteiger partial charge < -0.3 is 10.6 Å². The van der Waals surface area contributed by atoms with Crippen molar-refractivity contribution in [2.75, 3.05) is 16.0 Å². The molecule has 0 aliphatic rings. The van der Waals surface area contributed by atoms with Gasteiger partial charge in [0.15, 0.2) is 5.13 Å². The highest BCUT2D eigenvalue weighted by atomic mass is 32.1. The molecule has 2 aromatic carbocycles. The van der Waals surface area contributed by atoms with Gasteiger partial charge in [-0.25, -0.2) is 14.2 Å². The lowest BCUT2D eigenvalue weighted by Crippen LogP contribution is -2.19. The Morgan fingerprint density at radius 2 is 1.81 bits per heavy atom. The van der Waals surface area contributed by atoms with Gasteiger partial charge in [-0.15, -0.1) is 11.3 Å². The van der Waals surface area contributed by atoms with E-state index in [9.17, 15) is 14.0 Å². The molecule has 1 heterocycles. The molecular weight excluding hydrogens is 367 g/mol. The average Bonchev–Trinajstić information content (AvgIpc) is 3.03. The minimum Gasteiger partial charge on any atom is -0.326 e. The van der Waals surface area contributed by atoms with Crippen LogP contribution >= 0.6 is 11.3 Å². The van der Waals surface area contributed by atoms with Crippen molar-refractivity contribution in [2.45, 2.75) is 13.3 Å². The summed E-state index contributed by atoms with van der Waals surface area (Å²) in [5.74, 6) is -0.742. The molecule has 0 spiro atoms. The van der Waals surface area contributed by atoms with Gasteiger partial charge >= 0.3 is 6.03 Å². The number of carbonyl (C=O) groups excluding carboxylic acids is 2. The lowest BCUT2D eigenvalue weighted by Gasteiger charge is -2.05. The molecule has 1 aromatic heterocycles. The number of nitrogens with one attached hydrogen (secondary N) is 3. The fraction of sp³-hybridized carbons (Fsp3) is 0.105. The van der Waals surface area contributed by atoms with Crippen LogP contribution in [0.15, 0.2) is 53.9 Å². The maximum Gasteiger partial charge on any atom is 0.325 e. The molecule has 0 unspecified atom stereocenters. The Bertz CT molecular complexity index is 956. The molecule has 138 valence electrons. The molecule has 0 aliphatic carbocycles. The molecule has 0 fully saturated rings. The predicted molar refractivity (Wildman–Crippen MR) is 105 cm³/mol. The van der Waals surface area contributed by atoms with Crippen molar-refractivity contribution < 1.29 is 14.0 Å². The van der Waals surface area contributed by atoms with E-state index in [-0.39, 0.29) is 12.3 Å². The first kappa shape index (κ1) is 18.5. The standard InChI is InChI=1S/C19H17FN4O2S/c1-12-5-7-14(8-6-12)22-18(26)24-19-23-16(11-27-19)10-17(25)21-15-4-2-3-13(20)9-15/h2-9,11H,10H2,1H3,(H,21,25)(H2,22,23,24,26). The number of hydrogen-bond acceptors (Lipinski definition) is 4. The lowest BCUT2D eigenvalue weighted by atomic mass is 10.2. The van der Waals surface area contributed by atoms with Gasteiger partial charge in [-0.1, -0.05) is 23.8 Å². The van der Waals surface area contributed by atoms with Crippen LogP contribution < -0.4 is 16.0 Å². The third-order valence-electron chi connectivity index (χ3n) is 3.53. The van der Waals surface area contributed by atoms with Crippen molar-refractivity contribution in [3.63, 3.8) is 0 Å². The first-order valence-electron chi connectivity index (χ1n) is 8.12. The number of urea groups is 1. The van der Waals surface area contributed by atoms with Crippen LogP contribution in [0.3, 0.4) is 0 Å². The molecule has 27 heavy (non-hydrogen) atoms. The van der Waals surface area contributed by atoms with Gasteiger partial charge in [0.05, 0.1) is 12.1 Å². The van der Waals surface area contributed by atoms with E-state index in [4.69, 9.17) is 0 Å². The van der Waals surface area contributed by atoms with Crippen molar-refractivity contribution >= 4 is 39.8 Å². The Kier molecular flexibility index (Phi) is 5.77. The molecular formula is C19H17FN4O2S. The Morgan fingerprint density at radius 1 is 1.04 bits per heavy atom. The Morgan fingerprint density at radius 3 is 2.56 bits per heavy atom. The van der Waals surface area contributed by atoms with Gasteiger partial charge in [-0.3, -0.25) is 10.1 Å². The molecule has 3 aromatic rings. The molecule has 0 bridgehead atoms.